The van der Waals surface area contributed by atoms with Gasteiger partial charge in [-0.2, -0.15) is 0 Å². The molecule has 0 spiro atoms. The van der Waals surface area contributed by atoms with E-state index in [9.17, 15) is 4.79 Å². The fraction of sp³-hybridized carbons (Fsp3) is 0.238. The van der Waals surface area contributed by atoms with E-state index in [-0.39, 0.29) is 5.56 Å². The van der Waals surface area contributed by atoms with Crippen molar-refractivity contribution in [2.75, 3.05) is 16.8 Å². The molecule has 0 unspecified atom stereocenters. The van der Waals surface area contributed by atoms with Crippen LogP contribution in [-0.2, 0) is 4.46 Å². The van der Waals surface area contributed by atoms with Crippen LogP contribution in [0.3, 0.4) is 0 Å². The van der Waals surface area contributed by atoms with E-state index in [0.29, 0.717) is 35.3 Å². The van der Waals surface area contributed by atoms with Crippen LogP contribution < -0.4 is 16.0 Å². The molecule has 30 heavy (non-hydrogen) atoms. The largest absolute Gasteiger partial charge is 0.366 e. The van der Waals surface area contributed by atoms with E-state index in [2.05, 4.69) is 20.3 Å². The number of pyridine rings is 1. The number of carbonyl (C=O) groups is 1. The lowest BCUT2D eigenvalue weighted by atomic mass is 10.1. The van der Waals surface area contributed by atoms with E-state index in [1.165, 1.54) is 0 Å². The summed E-state index contributed by atoms with van der Waals surface area (Å²) >= 11 is 13.6. The molecular formula is C21H22Cl2N6O. The molecule has 0 bridgehead atoms. The molecule has 1 amide bonds. The first-order valence-corrected chi connectivity index (χ1v) is 10.1. The van der Waals surface area contributed by atoms with Crippen molar-refractivity contribution in [1.82, 2.24) is 15.0 Å². The fourth-order valence-corrected chi connectivity index (χ4v) is 3.98. The molecule has 9 heteroatoms. The van der Waals surface area contributed by atoms with Gasteiger partial charge in [-0.3, -0.25) is 4.79 Å². The van der Waals surface area contributed by atoms with Gasteiger partial charge < -0.3 is 16.0 Å². The highest BCUT2D eigenvalue weighted by molar-refractivity contribution is 6.49. The molecule has 0 aliphatic heterocycles. The molecule has 156 valence electrons. The van der Waals surface area contributed by atoms with Gasteiger partial charge in [0.2, 0.25) is 10.4 Å². The number of halogens is 2. The average molecular weight is 445 g/mol. The van der Waals surface area contributed by atoms with Crippen LogP contribution in [0.15, 0.2) is 48.7 Å². The molecule has 2 aromatic heterocycles. The van der Waals surface area contributed by atoms with Gasteiger partial charge in [0.1, 0.15) is 17.5 Å². The zero-order valence-corrected chi connectivity index (χ0v) is 18.4. The van der Waals surface area contributed by atoms with Crippen molar-refractivity contribution in [3.05, 3.63) is 71.3 Å². The Kier molecular flexibility index (Phi) is 6.43. The van der Waals surface area contributed by atoms with Gasteiger partial charge in [-0.15, -0.1) is 0 Å². The molecule has 0 aliphatic rings. The summed E-state index contributed by atoms with van der Waals surface area (Å²) in [4.78, 5) is 26.6. The molecule has 1 aromatic carbocycles. The summed E-state index contributed by atoms with van der Waals surface area (Å²) in [6, 6.07) is 12.2. The van der Waals surface area contributed by atoms with Crippen LogP contribution in [0.25, 0.3) is 0 Å². The predicted molar refractivity (Wildman–Crippen MR) is 120 cm³/mol. The number of aromatic nitrogens is 3. The lowest BCUT2D eigenvalue weighted by molar-refractivity contribution is 0.0999. The predicted octanol–water partition coefficient (Wildman–Crippen LogP) is 4.45. The molecule has 0 aliphatic carbocycles. The van der Waals surface area contributed by atoms with Crippen molar-refractivity contribution in [2.24, 2.45) is 5.73 Å². The molecule has 0 radical (unpaired) electrons. The summed E-state index contributed by atoms with van der Waals surface area (Å²) in [7, 11) is 0. The Morgan fingerprint density at radius 3 is 2.53 bits per heavy atom. The maximum atomic E-state index is 11.9. The Hall–Kier alpha value is -2.90. The number of benzene rings is 1. The molecule has 3 rings (SSSR count). The maximum absolute atomic E-state index is 11.9. The Morgan fingerprint density at radius 1 is 1.13 bits per heavy atom. The number of nitrogens with zero attached hydrogens (tertiary/aromatic N) is 4. The van der Waals surface area contributed by atoms with E-state index >= 15 is 0 Å². The highest BCUT2D eigenvalue weighted by Gasteiger charge is 2.36. The van der Waals surface area contributed by atoms with Gasteiger partial charge in [-0.25, -0.2) is 15.0 Å². The summed E-state index contributed by atoms with van der Waals surface area (Å²) in [5.41, 5.74) is 7.75. The summed E-state index contributed by atoms with van der Waals surface area (Å²) < 4.78 is -1.53. The lowest BCUT2D eigenvalue weighted by Gasteiger charge is -2.36. The minimum absolute atomic E-state index is 0.264. The van der Waals surface area contributed by atoms with Crippen LogP contribution >= 0.6 is 23.2 Å². The average Bonchev–Trinajstić information content (AvgIpc) is 2.68. The second-order valence-electron chi connectivity index (χ2n) is 6.66. The number of alkyl halides is 2. The maximum Gasteiger partial charge on any atom is 0.249 e. The molecule has 0 atom stereocenters. The van der Waals surface area contributed by atoms with E-state index in [1.807, 2.05) is 32.9 Å². The quantitative estimate of drug-likeness (QED) is 0.412. The highest BCUT2D eigenvalue weighted by Crippen LogP contribution is 2.42. The minimum Gasteiger partial charge on any atom is -0.366 e. The number of hydrogen-bond donors (Lipinski definition) is 2. The van der Waals surface area contributed by atoms with Crippen LogP contribution in [0.2, 0.25) is 0 Å². The molecule has 3 aromatic rings. The highest BCUT2D eigenvalue weighted by atomic mass is 35.5. The topological polar surface area (TPSA) is 97.0 Å². The number of nitrogens with one attached hydrogen (secondary N) is 1. The lowest BCUT2D eigenvalue weighted by Crippen LogP contribution is -2.39. The molecule has 2 heterocycles. The van der Waals surface area contributed by atoms with E-state index in [1.54, 1.807) is 41.4 Å². The normalized spacial score (nSPS) is 11.2. The van der Waals surface area contributed by atoms with Crippen molar-refractivity contribution in [3.63, 3.8) is 0 Å². The van der Waals surface area contributed by atoms with E-state index in [0.717, 1.165) is 5.69 Å². The van der Waals surface area contributed by atoms with E-state index < -0.39 is 10.4 Å². The van der Waals surface area contributed by atoms with Crippen molar-refractivity contribution in [3.8, 4) is 0 Å². The zero-order chi connectivity index (χ0) is 21.9. The number of carbonyl (C=O) groups excluding carboxylic acids is 1. The van der Waals surface area contributed by atoms with Crippen molar-refractivity contribution in [1.29, 1.82) is 0 Å². The molecule has 3 N–H and O–H groups in total. The van der Waals surface area contributed by atoms with Crippen molar-refractivity contribution in [2.45, 2.75) is 25.2 Å². The minimum atomic E-state index is -1.53. The van der Waals surface area contributed by atoms with Gasteiger partial charge >= 0.3 is 0 Å². The first-order valence-electron chi connectivity index (χ1n) is 9.32. The van der Waals surface area contributed by atoms with Crippen molar-refractivity contribution >= 4 is 46.4 Å². The second-order valence-corrected chi connectivity index (χ2v) is 7.95. The van der Waals surface area contributed by atoms with Gasteiger partial charge in [-0.05, 0) is 32.9 Å². The first kappa shape index (κ1) is 21.8. The third-order valence-electron chi connectivity index (χ3n) is 4.45. The molecule has 0 saturated carbocycles. The summed E-state index contributed by atoms with van der Waals surface area (Å²) in [5, 5.41) is 3.18. The van der Waals surface area contributed by atoms with Crippen LogP contribution in [0.1, 0.15) is 34.4 Å². The Morgan fingerprint density at radius 2 is 1.87 bits per heavy atom. The van der Waals surface area contributed by atoms with Crippen LogP contribution in [-0.4, -0.2) is 27.4 Å². The number of aryl methyl sites for hydroxylation is 2. The van der Waals surface area contributed by atoms with Crippen LogP contribution in [0.4, 0.5) is 17.3 Å². The number of primary amides is 1. The summed E-state index contributed by atoms with van der Waals surface area (Å²) in [6.07, 6.45) is 1.64. The van der Waals surface area contributed by atoms with Gasteiger partial charge in [0.15, 0.2) is 0 Å². The van der Waals surface area contributed by atoms with Crippen LogP contribution in [0, 0.1) is 13.8 Å². The summed E-state index contributed by atoms with van der Waals surface area (Å²) in [5.74, 6) is 1.26. The Labute approximate surface area is 185 Å². The SMILES string of the molecule is CCN(c1ccnc(Nc2cc(C)nc(C)n2)c1)C(Cl)(Cl)c1ccccc1C(N)=O. The fourth-order valence-electron chi connectivity index (χ4n) is 3.22. The monoisotopic (exact) mass is 444 g/mol. The zero-order valence-electron chi connectivity index (χ0n) is 16.9. The third kappa shape index (κ3) is 4.63. The Balaban J connectivity index is 1.97. The van der Waals surface area contributed by atoms with Crippen LogP contribution in [0.5, 0.6) is 0 Å². The molecular weight excluding hydrogens is 423 g/mol. The van der Waals surface area contributed by atoms with Crippen molar-refractivity contribution < 1.29 is 4.79 Å². The van der Waals surface area contributed by atoms with Gasteiger partial charge in [0.25, 0.3) is 0 Å². The summed E-state index contributed by atoms with van der Waals surface area (Å²) in [6.45, 7) is 6.10. The molecule has 0 fully saturated rings. The number of nitrogens with two attached hydrogens (primary N) is 1. The first-order chi connectivity index (χ1) is 14.2. The number of hydrogen-bond acceptors (Lipinski definition) is 6. The van der Waals surface area contributed by atoms with E-state index in [4.69, 9.17) is 28.9 Å². The smallest absolute Gasteiger partial charge is 0.249 e. The Bertz CT molecular complexity index is 1050. The molecule has 7 nitrogen and oxygen atoms in total. The number of rotatable bonds is 7. The van der Waals surface area contributed by atoms with Gasteiger partial charge in [-0.1, -0.05) is 41.4 Å². The standard InChI is InChI=1S/C21H22Cl2N6O/c1-4-29(21(22,23)17-8-6-5-7-16(17)20(24)30)15-9-10-25-18(12-15)28-19-11-13(2)26-14(3)27-19/h5-12H,4H2,1-3H3,(H2,24,30)(H,25,26,27,28). The third-order valence-corrected chi connectivity index (χ3v) is 5.26. The second kappa shape index (κ2) is 8.85. The van der Waals surface area contributed by atoms with Gasteiger partial charge in [0, 0.05) is 47.4 Å². The number of amides is 1. The number of anilines is 3. The van der Waals surface area contributed by atoms with Gasteiger partial charge in [0.05, 0.1) is 0 Å². The molecule has 0 saturated heterocycles.